The molecule has 0 spiro atoms. The molecule has 2 amide bonds. The molecule has 0 N–H and O–H groups in total. The van der Waals surface area contributed by atoms with E-state index in [1.54, 1.807) is 50.6 Å². The van der Waals surface area contributed by atoms with E-state index in [1.165, 1.54) is 10.5 Å². The lowest BCUT2D eigenvalue weighted by Gasteiger charge is -2.33. The predicted octanol–water partition coefficient (Wildman–Crippen LogP) is 3.69. The number of hydrogen-bond acceptors (Lipinski definition) is 6. The van der Waals surface area contributed by atoms with Gasteiger partial charge in [0.15, 0.2) is 5.76 Å². The van der Waals surface area contributed by atoms with Crippen LogP contribution in [0.5, 0.6) is 0 Å². The van der Waals surface area contributed by atoms with E-state index in [2.05, 4.69) is 21.1 Å². The maximum absolute atomic E-state index is 12.6. The Morgan fingerprint density at radius 1 is 1.29 bits per heavy atom. The maximum Gasteiger partial charge on any atom is 0.289 e. The fourth-order valence-electron chi connectivity index (χ4n) is 3.97. The minimum atomic E-state index is -0.149. The van der Waals surface area contributed by atoms with E-state index >= 15 is 0 Å². The predicted molar refractivity (Wildman–Crippen MR) is 129 cm³/mol. The van der Waals surface area contributed by atoms with Crippen molar-refractivity contribution in [3.63, 3.8) is 0 Å². The Labute approximate surface area is 200 Å². The number of methoxy groups -OCH3 is 1. The number of rotatable bonds is 6. The molecule has 34 heavy (non-hydrogen) atoms. The summed E-state index contributed by atoms with van der Waals surface area (Å²) < 4.78 is 11.9. The van der Waals surface area contributed by atoms with Gasteiger partial charge in [-0.25, -0.2) is 0 Å². The van der Waals surface area contributed by atoms with Gasteiger partial charge in [0.05, 0.1) is 26.1 Å². The molecule has 3 aromatic rings. The molecule has 1 atom stereocenters. The van der Waals surface area contributed by atoms with Crippen molar-refractivity contribution >= 4 is 22.8 Å². The molecule has 9 nitrogen and oxygen atoms in total. The van der Waals surface area contributed by atoms with Crippen LogP contribution >= 0.6 is 0 Å². The molecule has 0 saturated carbocycles. The van der Waals surface area contributed by atoms with Crippen LogP contribution in [-0.2, 0) is 16.1 Å². The second kappa shape index (κ2) is 12.0. The van der Waals surface area contributed by atoms with Crippen molar-refractivity contribution in [2.24, 2.45) is 0 Å². The summed E-state index contributed by atoms with van der Waals surface area (Å²) in [5.74, 6) is 0.625. The lowest BCUT2D eigenvalue weighted by Crippen LogP contribution is -2.39. The van der Waals surface area contributed by atoms with Gasteiger partial charge in [-0.1, -0.05) is 17.4 Å². The van der Waals surface area contributed by atoms with Gasteiger partial charge in [-0.05, 0) is 43.5 Å². The summed E-state index contributed by atoms with van der Waals surface area (Å²) in [6, 6.07) is 7.84. The molecule has 2 aromatic heterocycles. The van der Waals surface area contributed by atoms with Gasteiger partial charge in [0.1, 0.15) is 5.58 Å². The monoisotopic (exact) mass is 467 g/mol. The normalized spacial score (nSPS) is 15.8. The van der Waals surface area contributed by atoms with Gasteiger partial charge in [-0.2, -0.15) is 0 Å². The number of aryl methyl sites for hydroxylation is 1. The highest BCUT2D eigenvalue weighted by Crippen LogP contribution is 2.31. The van der Waals surface area contributed by atoms with Gasteiger partial charge in [0, 0.05) is 51.1 Å². The van der Waals surface area contributed by atoms with Crippen LogP contribution in [0.15, 0.2) is 53.4 Å². The van der Waals surface area contributed by atoms with Crippen molar-refractivity contribution in [3.05, 3.63) is 60.3 Å². The Bertz CT molecular complexity index is 1100. The van der Waals surface area contributed by atoms with E-state index < -0.39 is 0 Å². The Hall–Kier alpha value is -3.62. The van der Waals surface area contributed by atoms with E-state index in [4.69, 9.17) is 4.42 Å². The first kappa shape index (κ1) is 25.0. The molecule has 1 aliphatic heterocycles. The topological polar surface area (TPSA) is 93.7 Å². The highest BCUT2D eigenvalue weighted by Gasteiger charge is 2.25. The van der Waals surface area contributed by atoms with Crippen LogP contribution in [-0.4, -0.2) is 70.9 Å². The van der Waals surface area contributed by atoms with Crippen molar-refractivity contribution in [2.75, 3.05) is 34.3 Å². The first-order chi connectivity index (χ1) is 16.4. The summed E-state index contributed by atoms with van der Waals surface area (Å²) in [5, 5.41) is 8.60. The summed E-state index contributed by atoms with van der Waals surface area (Å²) in [6.45, 7) is 3.96. The van der Waals surface area contributed by atoms with E-state index in [0.29, 0.717) is 30.9 Å². The molecule has 1 fully saturated rings. The number of ether oxygens (including phenoxy) is 1. The van der Waals surface area contributed by atoms with Gasteiger partial charge in [-0.3, -0.25) is 14.3 Å². The number of carbonyl (C=O) groups excluding carboxylic acids is 2. The Morgan fingerprint density at radius 3 is 2.76 bits per heavy atom. The van der Waals surface area contributed by atoms with Crippen LogP contribution < -0.4 is 0 Å². The summed E-state index contributed by atoms with van der Waals surface area (Å²) in [5.41, 5.74) is 1.88. The van der Waals surface area contributed by atoms with Gasteiger partial charge < -0.3 is 19.0 Å². The first-order valence-corrected chi connectivity index (χ1v) is 11.4. The number of hydrogen-bond donors (Lipinski definition) is 0. The quantitative estimate of drug-likeness (QED) is 0.513. The zero-order valence-corrected chi connectivity index (χ0v) is 20.3. The minimum absolute atomic E-state index is 0.147. The molecule has 1 aliphatic rings. The fraction of sp³-hybridized carbons (Fsp3) is 0.440. The zero-order valence-electron chi connectivity index (χ0n) is 20.3. The van der Waals surface area contributed by atoms with Crippen LogP contribution in [0.1, 0.15) is 48.2 Å². The summed E-state index contributed by atoms with van der Waals surface area (Å²) >= 11 is 0. The summed E-state index contributed by atoms with van der Waals surface area (Å²) in [7, 11) is 5.04. The maximum atomic E-state index is 12.6. The second-order valence-electron chi connectivity index (χ2n) is 8.41. The minimum Gasteiger partial charge on any atom is -0.505 e. The highest BCUT2D eigenvalue weighted by molar-refractivity contribution is 5.96. The number of benzene rings is 1. The molecule has 0 aliphatic carbocycles. The first-order valence-electron chi connectivity index (χ1n) is 11.4. The summed E-state index contributed by atoms with van der Waals surface area (Å²) in [4.78, 5) is 28.2. The molecule has 1 saturated heterocycles. The fourth-order valence-corrected chi connectivity index (χ4v) is 3.97. The lowest BCUT2D eigenvalue weighted by molar-refractivity contribution is -0.132. The third-order valence-electron chi connectivity index (χ3n) is 5.70. The molecule has 0 radical (unpaired) electrons. The van der Waals surface area contributed by atoms with Gasteiger partial charge in [0.25, 0.3) is 5.91 Å². The average molecular weight is 468 g/mol. The van der Waals surface area contributed by atoms with Crippen molar-refractivity contribution in [1.29, 1.82) is 0 Å². The van der Waals surface area contributed by atoms with Crippen molar-refractivity contribution in [1.82, 2.24) is 24.8 Å². The number of amides is 2. The van der Waals surface area contributed by atoms with Gasteiger partial charge >= 0.3 is 0 Å². The van der Waals surface area contributed by atoms with Crippen molar-refractivity contribution in [2.45, 2.75) is 38.6 Å². The Balaban J connectivity index is 0.000000588. The number of likely N-dealkylation sites (tertiary alicyclic amines) is 1. The lowest BCUT2D eigenvalue weighted by atomic mass is 9.90. The zero-order chi connectivity index (χ0) is 24.5. The number of allylic oxidation sites excluding steroid dienone is 1. The second-order valence-corrected chi connectivity index (χ2v) is 8.41. The van der Waals surface area contributed by atoms with Crippen LogP contribution in [0, 0.1) is 0 Å². The number of furan rings is 1. The SMILES string of the molecule is C/C=C/OC.CN(C)C(=O)c1cc2cc([C@H]3CCCN(C(=O)CCn4ccnn4)C3)ccc2o1. The third-order valence-corrected chi connectivity index (χ3v) is 5.70. The largest absolute Gasteiger partial charge is 0.505 e. The molecule has 1 aromatic carbocycles. The highest BCUT2D eigenvalue weighted by atomic mass is 16.5. The Morgan fingerprint density at radius 2 is 2.12 bits per heavy atom. The average Bonchev–Trinajstić information content (AvgIpc) is 3.52. The molecule has 3 heterocycles. The number of piperidine rings is 1. The molecule has 182 valence electrons. The van der Waals surface area contributed by atoms with Crippen LogP contribution in [0.4, 0.5) is 0 Å². The van der Waals surface area contributed by atoms with Crippen molar-refractivity contribution in [3.8, 4) is 0 Å². The smallest absolute Gasteiger partial charge is 0.289 e. The van der Waals surface area contributed by atoms with Crippen LogP contribution in [0.2, 0.25) is 0 Å². The molecular formula is C25H33N5O4. The number of carbonyl (C=O) groups is 2. The van der Waals surface area contributed by atoms with Crippen LogP contribution in [0.25, 0.3) is 11.0 Å². The number of aromatic nitrogens is 3. The molecule has 4 rings (SSSR count). The third kappa shape index (κ3) is 6.46. The molecule has 0 unspecified atom stereocenters. The number of fused-ring (bicyclic) bond motifs is 1. The standard InChI is InChI=1S/C21H25N5O3.C4H8O/c1-24(2)21(28)19-13-17-12-15(5-6-18(17)29-19)16-4-3-9-25(14-16)20(27)7-10-26-11-8-22-23-26;1-3-4-5-2/h5-6,8,11-13,16H,3-4,7,9-10,14H2,1-2H3;3-4H,1-2H3/b;4-3+/t16-;/m0./s1. The van der Waals surface area contributed by atoms with E-state index in [0.717, 1.165) is 24.8 Å². The van der Waals surface area contributed by atoms with Crippen LogP contribution in [0.3, 0.4) is 0 Å². The van der Waals surface area contributed by atoms with Gasteiger partial charge in [0.2, 0.25) is 5.91 Å². The van der Waals surface area contributed by atoms with E-state index in [-0.39, 0.29) is 17.7 Å². The number of nitrogens with zero attached hydrogens (tertiary/aromatic N) is 5. The molecule has 0 bridgehead atoms. The van der Waals surface area contributed by atoms with Gasteiger partial charge in [-0.15, -0.1) is 5.10 Å². The summed E-state index contributed by atoms with van der Waals surface area (Å²) in [6.07, 6.45) is 9.28. The van der Waals surface area contributed by atoms with Crippen molar-refractivity contribution < 1.29 is 18.7 Å². The molecular weight excluding hydrogens is 434 g/mol. The van der Waals surface area contributed by atoms with E-state index in [9.17, 15) is 9.59 Å². The van der Waals surface area contributed by atoms with E-state index in [1.807, 2.05) is 30.0 Å². The molecule has 9 heteroatoms. The Kier molecular flexibility index (Phi) is 8.84.